The zero-order valence-electron chi connectivity index (χ0n) is 12.0. The maximum absolute atomic E-state index is 11.7. The minimum atomic E-state index is -0.109. The Kier molecular flexibility index (Phi) is 5.61. The molecule has 0 bridgehead atoms. The van der Waals surface area contributed by atoms with Crippen molar-refractivity contribution >= 4 is 27.7 Å². The third-order valence-electron chi connectivity index (χ3n) is 2.96. The van der Waals surface area contributed by atoms with E-state index in [-0.39, 0.29) is 11.6 Å². The molecule has 0 saturated heterocycles. The topological polar surface area (TPSA) is 71.8 Å². The third kappa shape index (κ3) is 4.43. The fraction of sp³-hybridized carbons (Fsp3) is 0.333. The molecule has 0 amide bonds. The summed E-state index contributed by atoms with van der Waals surface area (Å²) in [4.78, 5) is 19.9. The molecule has 0 aliphatic carbocycles. The van der Waals surface area contributed by atoms with E-state index >= 15 is 0 Å². The number of benzene rings is 1. The predicted octanol–water partition coefficient (Wildman–Crippen LogP) is 3.66. The van der Waals surface area contributed by atoms with Gasteiger partial charge in [-0.15, -0.1) is 0 Å². The second kappa shape index (κ2) is 7.24. The molecular weight excluding hydrogens is 350 g/mol. The first-order chi connectivity index (χ1) is 9.99. The fourth-order valence-corrected chi connectivity index (χ4v) is 3.71. The van der Waals surface area contributed by atoms with Crippen molar-refractivity contribution in [2.75, 3.05) is 0 Å². The number of aromatic nitrogens is 2. The number of nitrogens with one attached hydrogen (secondary N) is 1. The lowest BCUT2D eigenvalue weighted by Gasteiger charge is -2.10. The van der Waals surface area contributed by atoms with Gasteiger partial charge in [-0.2, -0.15) is 0 Å². The van der Waals surface area contributed by atoms with Crippen LogP contribution in [-0.2, 0) is 6.42 Å². The van der Waals surface area contributed by atoms with Crippen LogP contribution in [0.4, 0.5) is 0 Å². The summed E-state index contributed by atoms with van der Waals surface area (Å²) in [6.07, 6.45) is 1.78. The fourth-order valence-electron chi connectivity index (χ4n) is 1.97. The maximum atomic E-state index is 11.7. The van der Waals surface area contributed by atoms with Gasteiger partial charge in [0, 0.05) is 27.2 Å². The number of nitrogens with zero attached hydrogens (tertiary/aromatic N) is 1. The van der Waals surface area contributed by atoms with E-state index in [4.69, 9.17) is 5.73 Å². The molecule has 2 rings (SSSR count). The van der Waals surface area contributed by atoms with Crippen LogP contribution in [0.5, 0.6) is 0 Å². The number of halogens is 1. The molecular formula is C15H18BrN3OS. The van der Waals surface area contributed by atoms with Crippen LogP contribution >= 0.6 is 27.7 Å². The van der Waals surface area contributed by atoms with Crippen LogP contribution in [-0.4, -0.2) is 9.97 Å². The van der Waals surface area contributed by atoms with Crippen LogP contribution in [0.1, 0.15) is 37.6 Å². The molecule has 6 heteroatoms. The van der Waals surface area contributed by atoms with Gasteiger partial charge in [-0.25, -0.2) is 4.98 Å². The third-order valence-corrected chi connectivity index (χ3v) is 4.52. The van der Waals surface area contributed by atoms with Gasteiger partial charge >= 0.3 is 0 Å². The van der Waals surface area contributed by atoms with Crippen LogP contribution in [0.15, 0.2) is 43.6 Å². The molecule has 3 N–H and O–H groups in total. The van der Waals surface area contributed by atoms with Crippen LogP contribution < -0.4 is 11.3 Å². The minimum absolute atomic E-state index is 0.0239. The lowest BCUT2D eigenvalue weighted by atomic mass is 10.1. The summed E-state index contributed by atoms with van der Waals surface area (Å²) < 4.78 is 0.967. The van der Waals surface area contributed by atoms with E-state index in [0.717, 1.165) is 33.5 Å². The average molecular weight is 368 g/mol. The highest BCUT2D eigenvalue weighted by Crippen LogP contribution is 2.30. The van der Waals surface area contributed by atoms with Crippen molar-refractivity contribution in [2.45, 2.75) is 42.8 Å². The predicted molar refractivity (Wildman–Crippen MR) is 89.7 cm³/mol. The molecule has 21 heavy (non-hydrogen) atoms. The quantitative estimate of drug-likeness (QED) is 0.791. The van der Waals surface area contributed by atoms with Crippen LogP contribution in [0, 0.1) is 0 Å². The van der Waals surface area contributed by atoms with E-state index in [1.54, 1.807) is 6.07 Å². The van der Waals surface area contributed by atoms with E-state index in [9.17, 15) is 4.79 Å². The number of aryl methyl sites for hydroxylation is 1. The van der Waals surface area contributed by atoms with Gasteiger partial charge in [0.05, 0.1) is 0 Å². The zero-order valence-corrected chi connectivity index (χ0v) is 14.4. The molecule has 2 aromatic rings. The second-order valence-corrected chi connectivity index (χ2v) is 6.78. The summed E-state index contributed by atoms with van der Waals surface area (Å²) in [5.74, 6) is 0. The molecule has 0 aliphatic rings. The summed E-state index contributed by atoms with van der Waals surface area (Å²) in [6.45, 7) is 4.01. The number of nitrogens with two attached hydrogens (primary N) is 1. The van der Waals surface area contributed by atoms with E-state index in [0.29, 0.717) is 5.16 Å². The Hall–Kier alpha value is -1.11. The molecule has 0 fully saturated rings. The van der Waals surface area contributed by atoms with Gasteiger partial charge in [0.2, 0.25) is 0 Å². The van der Waals surface area contributed by atoms with E-state index in [1.165, 1.54) is 11.8 Å². The van der Waals surface area contributed by atoms with Gasteiger partial charge in [-0.3, -0.25) is 4.79 Å². The lowest BCUT2D eigenvalue weighted by molar-refractivity contribution is 0.810. The number of H-pyrrole nitrogens is 1. The second-order valence-electron chi connectivity index (χ2n) is 4.87. The van der Waals surface area contributed by atoms with E-state index in [1.807, 2.05) is 25.1 Å². The largest absolute Gasteiger partial charge is 0.324 e. The smallest absolute Gasteiger partial charge is 0.251 e. The van der Waals surface area contributed by atoms with Crippen LogP contribution in [0.3, 0.4) is 0 Å². The van der Waals surface area contributed by atoms with Gasteiger partial charge in [0.25, 0.3) is 5.56 Å². The van der Waals surface area contributed by atoms with Gasteiger partial charge in [-0.05, 0) is 31.0 Å². The number of hydrogen-bond donors (Lipinski definition) is 2. The lowest BCUT2D eigenvalue weighted by Crippen LogP contribution is -2.09. The van der Waals surface area contributed by atoms with Crippen molar-refractivity contribution in [3.63, 3.8) is 0 Å². The van der Waals surface area contributed by atoms with E-state index < -0.39 is 0 Å². The van der Waals surface area contributed by atoms with Crippen molar-refractivity contribution in [1.29, 1.82) is 0 Å². The molecule has 1 aromatic heterocycles. The maximum Gasteiger partial charge on any atom is 0.251 e. The standard InChI is InChI=1S/C15H18BrN3OS/c1-3-4-10-7-14(20)19-15(18-10)21-11-5-6-12(9(2)17)13(16)8-11/h5-9H,3-4,17H2,1-2H3,(H,18,19,20)/t9-/m0/s1. The van der Waals surface area contributed by atoms with Gasteiger partial charge in [-0.1, -0.05) is 47.1 Å². The molecule has 112 valence electrons. The Bertz CT molecular complexity index is 685. The normalized spacial score (nSPS) is 12.4. The first-order valence-electron chi connectivity index (χ1n) is 6.82. The van der Waals surface area contributed by atoms with Crippen molar-refractivity contribution in [2.24, 2.45) is 5.73 Å². The summed E-state index contributed by atoms with van der Waals surface area (Å²) in [7, 11) is 0. The van der Waals surface area contributed by atoms with E-state index in [2.05, 4.69) is 32.8 Å². The SMILES string of the molecule is CCCc1cc(=O)[nH]c(Sc2ccc([C@H](C)N)c(Br)c2)n1. The minimum Gasteiger partial charge on any atom is -0.324 e. The summed E-state index contributed by atoms with van der Waals surface area (Å²) in [5, 5.41) is 0.617. The van der Waals surface area contributed by atoms with Crippen molar-refractivity contribution < 1.29 is 0 Å². The molecule has 1 atom stereocenters. The van der Waals surface area contributed by atoms with Crippen molar-refractivity contribution in [3.05, 3.63) is 50.3 Å². The molecule has 0 aliphatic heterocycles. The van der Waals surface area contributed by atoms with Crippen LogP contribution in [0.25, 0.3) is 0 Å². The highest BCUT2D eigenvalue weighted by Gasteiger charge is 2.08. The molecule has 0 spiro atoms. The molecule has 0 radical (unpaired) electrons. The molecule has 4 nitrogen and oxygen atoms in total. The molecule has 0 unspecified atom stereocenters. The van der Waals surface area contributed by atoms with Crippen molar-refractivity contribution in [3.8, 4) is 0 Å². The molecule has 0 saturated carbocycles. The van der Waals surface area contributed by atoms with Gasteiger partial charge in [0.1, 0.15) is 0 Å². The average Bonchev–Trinajstić information content (AvgIpc) is 2.37. The Labute approximate surface area is 136 Å². The molecule has 1 heterocycles. The van der Waals surface area contributed by atoms with Gasteiger partial charge in [0.15, 0.2) is 5.16 Å². The zero-order chi connectivity index (χ0) is 15.4. The van der Waals surface area contributed by atoms with Gasteiger partial charge < -0.3 is 10.7 Å². The summed E-state index contributed by atoms with van der Waals surface area (Å²) in [5.41, 5.74) is 7.67. The molecule has 1 aromatic carbocycles. The number of rotatable bonds is 5. The van der Waals surface area contributed by atoms with Crippen LogP contribution in [0.2, 0.25) is 0 Å². The first kappa shape index (κ1) is 16.3. The number of hydrogen-bond acceptors (Lipinski definition) is 4. The van der Waals surface area contributed by atoms with Crippen molar-refractivity contribution in [1.82, 2.24) is 9.97 Å². The summed E-state index contributed by atoms with van der Waals surface area (Å²) >= 11 is 4.97. The first-order valence-corrected chi connectivity index (χ1v) is 8.43. The Morgan fingerprint density at radius 3 is 2.81 bits per heavy atom. The number of aromatic amines is 1. The Morgan fingerprint density at radius 1 is 1.43 bits per heavy atom. The Balaban J connectivity index is 2.26. The highest BCUT2D eigenvalue weighted by molar-refractivity contribution is 9.10. The summed E-state index contributed by atoms with van der Waals surface area (Å²) in [6, 6.07) is 7.51. The highest BCUT2D eigenvalue weighted by atomic mass is 79.9. The monoisotopic (exact) mass is 367 g/mol. The Morgan fingerprint density at radius 2 is 2.19 bits per heavy atom.